The lowest BCUT2D eigenvalue weighted by molar-refractivity contribution is 0.0935. The van der Waals surface area contributed by atoms with Gasteiger partial charge in [0.15, 0.2) is 0 Å². The summed E-state index contributed by atoms with van der Waals surface area (Å²) in [4.78, 5) is 37.8. The van der Waals surface area contributed by atoms with E-state index in [9.17, 15) is 14.4 Å². The quantitative estimate of drug-likeness (QED) is 0.564. The maximum atomic E-state index is 12.9. The van der Waals surface area contributed by atoms with Crippen LogP contribution in [0.4, 0.5) is 5.69 Å². The molecule has 1 saturated carbocycles. The fraction of sp³-hybridized carbons (Fsp3) is 0.208. The van der Waals surface area contributed by atoms with Crippen molar-refractivity contribution in [1.29, 1.82) is 0 Å². The molecule has 2 aromatic carbocycles. The predicted octanol–water partition coefficient (Wildman–Crippen LogP) is 4.52. The molecule has 2 N–H and O–H groups in total. The number of pyridine rings is 1. The third kappa shape index (κ3) is 4.94. The lowest BCUT2D eigenvalue weighted by Crippen LogP contribution is -2.37. The number of carbonyl (C=O) groups is 2. The minimum absolute atomic E-state index is 0.127. The molecular formula is C24H22BrN3O3. The van der Waals surface area contributed by atoms with E-state index in [-0.39, 0.29) is 29.0 Å². The number of carbonyl (C=O) groups excluding carboxylic acids is 2. The van der Waals surface area contributed by atoms with Crippen LogP contribution in [0.25, 0.3) is 5.69 Å². The van der Waals surface area contributed by atoms with Gasteiger partial charge in [0.05, 0.1) is 0 Å². The molecule has 31 heavy (non-hydrogen) atoms. The molecule has 158 valence electrons. The summed E-state index contributed by atoms with van der Waals surface area (Å²) in [6.45, 7) is 0. The number of amides is 2. The second-order valence-electron chi connectivity index (χ2n) is 7.56. The van der Waals surface area contributed by atoms with Gasteiger partial charge < -0.3 is 10.6 Å². The maximum Gasteiger partial charge on any atom is 0.267 e. The van der Waals surface area contributed by atoms with Crippen molar-refractivity contribution in [2.75, 3.05) is 5.32 Å². The monoisotopic (exact) mass is 479 g/mol. The zero-order chi connectivity index (χ0) is 21.8. The van der Waals surface area contributed by atoms with E-state index in [0.717, 1.165) is 30.2 Å². The minimum atomic E-state index is -0.371. The molecule has 4 rings (SSSR count). The first-order chi connectivity index (χ1) is 15.0. The van der Waals surface area contributed by atoms with Crippen molar-refractivity contribution in [3.8, 4) is 5.69 Å². The van der Waals surface area contributed by atoms with E-state index in [1.165, 1.54) is 4.57 Å². The van der Waals surface area contributed by atoms with E-state index >= 15 is 0 Å². The Balaban J connectivity index is 1.49. The maximum absolute atomic E-state index is 12.9. The highest BCUT2D eigenvalue weighted by molar-refractivity contribution is 9.10. The molecule has 0 unspecified atom stereocenters. The van der Waals surface area contributed by atoms with Gasteiger partial charge in [0.2, 0.25) is 0 Å². The van der Waals surface area contributed by atoms with E-state index < -0.39 is 0 Å². The van der Waals surface area contributed by atoms with Crippen LogP contribution in [0.2, 0.25) is 0 Å². The molecule has 6 nitrogen and oxygen atoms in total. The lowest BCUT2D eigenvalue weighted by atomic mass is 10.2. The number of benzene rings is 2. The molecule has 0 bridgehead atoms. The molecule has 0 atom stereocenters. The normalized spacial score (nSPS) is 13.7. The summed E-state index contributed by atoms with van der Waals surface area (Å²) in [5.41, 5.74) is 1.53. The summed E-state index contributed by atoms with van der Waals surface area (Å²) < 4.78 is 2.34. The summed E-state index contributed by atoms with van der Waals surface area (Å²) in [6.07, 6.45) is 5.76. The minimum Gasteiger partial charge on any atom is -0.349 e. The molecule has 1 aliphatic rings. The number of hydrogen-bond acceptors (Lipinski definition) is 3. The molecule has 1 heterocycles. The van der Waals surface area contributed by atoms with Crippen LogP contribution in [-0.2, 0) is 0 Å². The number of halogens is 1. The Bertz CT molecular complexity index is 1150. The molecule has 7 heteroatoms. The Hall–Kier alpha value is -3.19. The van der Waals surface area contributed by atoms with Gasteiger partial charge in [-0.3, -0.25) is 19.0 Å². The molecule has 0 spiro atoms. The van der Waals surface area contributed by atoms with Crippen LogP contribution in [0.5, 0.6) is 0 Å². The summed E-state index contributed by atoms with van der Waals surface area (Å²) in [5.74, 6) is -0.548. The van der Waals surface area contributed by atoms with Crippen molar-refractivity contribution < 1.29 is 9.59 Å². The molecule has 0 saturated heterocycles. The first kappa shape index (κ1) is 21.1. The number of hydrogen-bond donors (Lipinski definition) is 2. The van der Waals surface area contributed by atoms with E-state index in [4.69, 9.17) is 0 Å². The van der Waals surface area contributed by atoms with E-state index in [1.54, 1.807) is 66.9 Å². The molecule has 0 aliphatic heterocycles. The van der Waals surface area contributed by atoms with Crippen LogP contribution in [0.1, 0.15) is 46.4 Å². The lowest BCUT2D eigenvalue weighted by Gasteiger charge is -2.13. The van der Waals surface area contributed by atoms with E-state index in [2.05, 4.69) is 26.6 Å². The highest BCUT2D eigenvalue weighted by atomic mass is 79.9. The average molecular weight is 480 g/mol. The number of nitrogens with zero attached hydrogens (tertiary/aromatic N) is 1. The van der Waals surface area contributed by atoms with Crippen LogP contribution < -0.4 is 16.2 Å². The summed E-state index contributed by atoms with van der Waals surface area (Å²) in [7, 11) is 0. The molecule has 1 aromatic heterocycles. The van der Waals surface area contributed by atoms with Gasteiger partial charge in [-0.05, 0) is 73.5 Å². The molecule has 1 aliphatic carbocycles. The second-order valence-corrected chi connectivity index (χ2v) is 8.48. The number of aromatic nitrogens is 1. The highest BCUT2D eigenvalue weighted by Gasteiger charge is 2.20. The van der Waals surface area contributed by atoms with Crippen molar-refractivity contribution in [3.05, 3.63) is 92.8 Å². The van der Waals surface area contributed by atoms with Crippen LogP contribution in [-0.4, -0.2) is 22.4 Å². The topological polar surface area (TPSA) is 80.2 Å². The van der Waals surface area contributed by atoms with Crippen LogP contribution in [0.3, 0.4) is 0 Å². The van der Waals surface area contributed by atoms with Crippen LogP contribution in [0.15, 0.2) is 76.1 Å². The zero-order valence-electron chi connectivity index (χ0n) is 16.8. The fourth-order valence-electron chi connectivity index (χ4n) is 3.71. The van der Waals surface area contributed by atoms with Crippen molar-refractivity contribution in [2.45, 2.75) is 31.7 Å². The smallest absolute Gasteiger partial charge is 0.267 e. The average Bonchev–Trinajstić information content (AvgIpc) is 3.28. The second kappa shape index (κ2) is 9.31. The van der Waals surface area contributed by atoms with Gasteiger partial charge in [-0.25, -0.2) is 0 Å². The van der Waals surface area contributed by atoms with Crippen molar-refractivity contribution in [1.82, 2.24) is 9.88 Å². The van der Waals surface area contributed by atoms with Crippen LogP contribution >= 0.6 is 15.9 Å². The fourth-order valence-corrected chi connectivity index (χ4v) is 3.98. The van der Waals surface area contributed by atoms with Gasteiger partial charge in [-0.1, -0.05) is 28.8 Å². The Morgan fingerprint density at radius 2 is 1.58 bits per heavy atom. The molecule has 3 aromatic rings. The standard InChI is InChI=1S/C24H22BrN3O3/c25-17-9-7-16(8-10-17)22(29)26-19-11-13-20(14-12-19)28-15-3-6-21(24(28)31)23(30)27-18-4-1-2-5-18/h3,6-15,18H,1-2,4-5H2,(H,26,29)(H,27,30). The molecule has 2 amide bonds. The van der Waals surface area contributed by atoms with Crippen molar-refractivity contribution >= 4 is 33.4 Å². The third-order valence-electron chi connectivity index (χ3n) is 5.39. The predicted molar refractivity (Wildman–Crippen MR) is 124 cm³/mol. The van der Waals surface area contributed by atoms with Gasteiger partial charge >= 0.3 is 0 Å². The Labute approximate surface area is 188 Å². The van der Waals surface area contributed by atoms with Crippen molar-refractivity contribution in [2.24, 2.45) is 0 Å². The van der Waals surface area contributed by atoms with Gasteiger partial charge in [0.1, 0.15) is 5.56 Å². The van der Waals surface area contributed by atoms with E-state index in [0.29, 0.717) is 16.9 Å². The molecular weight excluding hydrogens is 458 g/mol. The number of anilines is 1. The highest BCUT2D eigenvalue weighted by Crippen LogP contribution is 2.18. The number of rotatable bonds is 5. The van der Waals surface area contributed by atoms with Gasteiger partial charge in [0.25, 0.3) is 17.4 Å². The summed E-state index contributed by atoms with van der Waals surface area (Å²) in [5, 5.41) is 5.80. The Kier molecular flexibility index (Phi) is 6.32. The first-order valence-corrected chi connectivity index (χ1v) is 11.0. The zero-order valence-corrected chi connectivity index (χ0v) is 18.4. The first-order valence-electron chi connectivity index (χ1n) is 10.2. The summed E-state index contributed by atoms with van der Waals surface area (Å²) in [6, 6.07) is 17.4. The third-order valence-corrected chi connectivity index (χ3v) is 5.92. The van der Waals surface area contributed by atoms with Crippen LogP contribution in [0, 0.1) is 0 Å². The molecule has 1 fully saturated rings. The summed E-state index contributed by atoms with van der Waals surface area (Å²) >= 11 is 3.35. The Morgan fingerprint density at radius 1 is 0.903 bits per heavy atom. The van der Waals surface area contributed by atoms with Gasteiger partial charge in [-0.15, -0.1) is 0 Å². The molecule has 0 radical (unpaired) electrons. The Morgan fingerprint density at radius 3 is 2.26 bits per heavy atom. The van der Waals surface area contributed by atoms with E-state index in [1.807, 2.05) is 0 Å². The van der Waals surface area contributed by atoms with Crippen molar-refractivity contribution in [3.63, 3.8) is 0 Å². The SMILES string of the molecule is O=C(Nc1ccc(-n2cccc(C(=O)NC3CCCC3)c2=O)cc1)c1ccc(Br)cc1. The number of nitrogens with one attached hydrogen (secondary N) is 2. The van der Waals surface area contributed by atoms with Gasteiger partial charge in [0, 0.05) is 33.6 Å². The largest absolute Gasteiger partial charge is 0.349 e. The van der Waals surface area contributed by atoms with Gasteiger partial charge in [-0.2, -0.15) is 0 Å².